The standard InChI is InChI=1S/C35H19N3S2/c1-2-10-20(11-3-1)31-34-32(23-14-6-9-17-29(23)40-34)38-35(37-31)33-26-19-30-25(22-13-5-8-16-28(22)39-30)18-24(26)21-12-4-7-15-27(21)36-33/h1-19H. The summed E-state index contributed by atoms with van der Waals surface area (Å²) in [5, 5.41) is 7.12. The maximum Gasteiger partial charge on any atom is 0.180 e. The number of nitrogens with zero attached hydrogens (tertiary/aromatic N) is 3. The highest BCUT2D eigenvalue weighted by Gasteiger charge is 2.20. The molecule has 4 heterocycles. The predicted octanol–water partition coefficient (Wildman–Crippen LogP) is 10.2. The van der Waals surface area contributed by atoms with E-state index >= 15 is 0 Å². The molecule has 9 aromatic rings. The van der Waals surface area contributed by atoms with Gasteiger partial charge in [-0.15, -0.1) is 22.7 Å². The summed E-state index contributed by atoms with van der Waals surface area (Å²) in [7, 11) is 0. The third-order valence-electron chi connectivity index (χ3n) is 7.68. The van der Waals surface area contributed by atoms with E-state index in [0.717, 1.165) is 48.8 Å². The van der Waals surface area contributed by atoms with Crippen molar-refractivity contribution in [2.24, 2.45) is 0 Å². The summed E-state index contributed by atoms with van der Waals surface area (Å²) in [6.07, 6.45) is 0. The number of rotatable bonds is 2. The Morgan fingerprint density at radius 2 is 1.12 bits per heavy atom. The van der Waals surface area contributed by atoms with E-state index < -0.39 is 0 Å². The lowest BCUT2D eigenvalue weighted by molar-refractivity contribution is 1.21. The van der Waals surface area contributed by atoms with Crippen molar-refractivity contribution in [3.05, 3.63) is 115 Å². The second-order valence-electron chi connectivity index (χ2n) is 10.0. The molecular formula is C35H19N3S2. The number of benzene rings is 5. The van der Waals surface area contributed by atoms with Crippen molar-refractivity contribution in [1.82, 2.24) is 15.0 Å². The van der Waals surface area contributed by atoms with Crippen molar-refractivity contribution in [3.8, 4) is 22.8 Å². The molecule has 0 radical (unpaired) electrons. The molecule has 40 heavy (non-hydrogen) atoms. The van der Waals surface area contributed by atoms with E-state index in [-0.39, 0.29) is 0 Å². The van der Waals surface area contributed by atoms with Crippen LogP contribution in [0.2, 0.25) is 0 Å². The Bertz CT molecular complexity index is 2440. The Kier molecular flexibility index (Phi) is 4.65. The summed E-state index contributed by atoms with van der Waals surface area (Å²) in [6.45, 7) is 0. The number of para-hydroxylation sites is 1. The topological polar surface area (TPSA) is 38.7 Å². The van der Waals surface area contributed by atoms with Crippen molar-refractivity contribution in [2.45, 2.75) is 0 Å². The van der Waals surface area contributed by atoms with Gasteiger partial charge in [-0.2, -0.15) is 0 Å². The van der Waals surface area contributed by atoms with Crippen LogP contribution in [0.25, 0.3) is 84.9 Å². The fraction of sp³-hybridized carbons (Fsp3) is 0. The smallest absolute Gasteiger partial charge is 0.180 e. The summed E-state index contributed by atoms with van der Waals surface area (Å²) in [5.41, 5.74) is 4.79. The van der Waals surface area contributed by atoms with Gasteiger partial charge in [0.25, 0.3) is 0 Å². The van der Waals surface area contributed by atoms with Crippen LogP contribution in [-0.2, 0) is 0 Å². The lowest BCUT2D eigenvalue weighted by atomic mass is 10.0. The van der Waals surface area contributed by atoms with Crippen molar-refractivity contribution in [2.75, 3.05) is 0 Å². The van der Waals surface area contributed by atoms with Gasteiger partial charge in [0.05, 0.1) is 21.4 Å². The number of aromatic nitrogens is 3. The zero-order chi connectivity index (χ0) is 26.2. The van der Waals surface area contributed by atoms with Gasteiger partial charge in [-0.3, -0.25) is 0 Å². The second-order valence-corrected chi connectivity index (χ2v) is 12.1. The van der Waals surface area contributed by atoms with Gasteiger partial charge in [0.1, 0.15) is 5.69 Å². The van der Waals surface area contributed by atoms with E-state index in [1.807, 2.05) is 17.4 Å². The molecular weight excluding hydrogens is 527 g/mol. The van der Waals surface area contributed by atoms with E-state index in [4.69, 9.17) is 15.0 Å². The van der Waals surface area contributed by atoms with Crippen LogP contribution in [0.4, 0.5) is 0 Å². The largest absolute Gasteiger partial charge is 0.244 e. The lowest BCUT2D eigenvalue weighted by Gasteiger charge is -2.11. The molecule has 0 aliphatic rings. The molecule has 186 valence electrons. The number of hydrogen-bond donors (Lipinski definition) is 0. The molecule has 0 spiro atoms. The highest BCUT2D eigenvalue weighted by atomic mass is 32.1. The monoisotopic (exact) mass is 545 g/mol. The molecule has 5 aromatic carbocycles. The summed E-state index contributed by atoms with van der Waals surface area (Å²) >= 11 is 3.58. The Labute approximate surface area is 237 Å². The third-order valence-corrected chi connectivity index (χ3v) is 9.98. The summed E-state index contributed by atoms with van der Waals surface area (Å²) < 4.78 is 4.86. The van der Waals surface area contributed by atoms with Crippen molar-refractivity contribution >= 4 is 84.8 Å². The maximum atomic E-state index is 5.26. The molecule has 9 rings (SSSR count). The zero-order valence-corrected chi connectivity index (χ0v) is 22.8. The Morgan fingerprint density at radius 1 is 0.425 bits per heavy atom. The highest BCUT2D eigenvalue weighted by Crippen LogP contribution is 2.43. The quantitative estimate of drug-likeness (QED) is 0.203. The van der Waals surface area contributed by atoms with Crippen LogP contribution in [0, 0.1) is 0 Å². The first-order valence-corrected chi connectivity index (χ1v) is 14.8. The van der Waals surface area contributed by atoms with Gasteiger partial charge >= 0.3 is 0 Å². The van der Waals surface area contributed by atoms with Crippen LogP contribution in [-0.4, -0.2) is 15.0 Å². The van der Waals surface area contributed by atoms with E-state index in [9.17, 15) is 0 Å². The average molecular weight is 546 g/mol. The number of pyridine rings is 1. The van der Waals surface area contributed by atoms with Crippen molar-refractivity contribution < 1.29 is 0 Å². The molecule has 0 saturated heterocycles. The molecule has 0 saturated carbocycles. The van der Waals surface area contributed by atoms with Gasteiger partial charge in [-0.05, 0) is 35.7 Å². The fourth-order valence-electron chi connectivity index (χ4n) is 5.83. The van der Waals surface area contributed by atoms with Gasteiger partial charge in [0.15, 0.2) is 5.82 Å². The van der Waals surface area contributed by atoms with Crippen LogP contribution in [0.3, 0.4) is 0 Å². The molecule has 0 N–H and O–H groups in total. The zero-order valence-electron chi connectivity index (χ0n) is 21.1. The lowest BCUT2D eigenvalue weighted by Crippen LogP contribution is -1.97. The Morgan fingerprint density at radius 3 is 1.98 bits per heavy atom. The first-order chi connectivity index (χ1) is 19.8. The van der Waals surface area contributed by atoms with Crippen LogP contribution in [0.15, 0.2) is 115 Å². The molecule has 0 fully saturated rings. The summed E-state index contributed by atoms with van der Waals surface area (Å²) in [4.78, 5) is 15.7. The van der Waals surface area contributed by atoms with E-state index in [1.165, 1.54) is 30.3 Å². The minimum atomic E-state index is 0.658. The van der Waals surface area contributed by atoms with Gasteiger partial charge in [0.2, 0.25) is 0 Å². The van der Waals surface area contributed by atoms with Crippen molar-refractivity contribution in [1.29, 1.82) is 0 Å². The number of fused-ring (bicyclic) bond motifs is 9. The van der Waals surface area contributed by atoms with Gasteiger partial charge < -0.3 is 0 Å². The van der Waals surface area contributed by atoms with Crippen LogP contribution >= 0.6 is 22.7 Å². The molecule has 4 aromatic heterocycles. The third kappa shape index (κ3) is 3.19. The predicted molar refractivity (Wildman–Crippen MR) is 171 cm³/mol. The van der Waals surface area contributed by atoms with E-state index in [0.29, 0.717) is 5.82 Å². The second kappa shape index (κ2) is 8.39. The number of thiophene rings is 2. The molecule has 0 bridgehead atoms. The molecule has 0 aliphatic heterocycles. The highest BCUT2D eigenvalue weighted by molar-refractivity contribution is 7.26. The molecule has 0 amide bonds. The Hall–Kier alpha value is -4.71. The molecule has 3 nitrogen and oxygen atoms in total. The van der Waals surface area contributed by atoms with Crippen LogP contribution in [0.5, 0.6) is 0 Å². The average Bonchev–Trinajstić information content (AvgIpc) is 3.57. The summed E-state index contributed by atoms with van der Waals surface area (Å²) in [5.74, 6) is 0.658. The fourth-order valence-corrected chi connectivity index (χ4v) is 8.11. The Balaban J connectivity index is 1.44. The molecule has 0 atom stereocenters. The minimum absolute atomic E-state index is 0.658. The van der Waals surface area contributed by atoms with Gasteiger partial charge in [0, 0.05) is 46.6 Å². The van der Waals surface area contributed by atoms with Gasteiger partial charge in [-0.25, -0.2) is 15.0 Å². The van der Waals surface area contributed by atoms with Gasteiger partial charge in [-0.1, -0.05) is 84.9 Å². The first kappa shape index (κ1) is 22.1. The normalized spacial score (nSPS) is 12.0. The molecule has 0 aliphatic carbocycles. The maximum absolute atomic E-state index is 5.26. The van der Waals surface area contributed by atoms with Crippen molar-refractivity contribution in [3.63, 3.8) is 0 Å². The summed E-state index contributed by atoms with van der Waals surface area (Å²) in [6, 6.07) is 40.6. The molecule has 5 heteroatoms. The van der Waals surface area contributed by atoms with Crippen LogP contribution in [0.1, 0.15) is 0 Å². The SMILES string of the molecule is c1ccc(-c2nc(-c3nc4ccccc4c4cc5c(cc34)sc3ccccc35)nc3c2sc2ccccc23)cc1. The first-order valence-electron chi connectivity index (χ1n) is 13.2. The van der Waals surface area contributed by atoms with E-state index in [2.05, 4.69) is 109 Å². The minimum Gasteiger partial charge on any atom is -0.244 e. The van der Waals surface area contributed by atoms with E-state index in [1.54, 1.807) is 11.3 Å². The number of hydrogen-bond acceptors (Lipinski definition) is 5. The molecule has 0 unspecified atom stereocenters. The van der Waals surface area contributed by atoms with Crippen LogP contribution < -0.4 is 0 Å².